The van der Waals surface area contributed by atoms with E-state index in [-0.39, 0.29) is 0 Å². The van der Waals surface area contributed by atoms with Crippen molar-refractivity contribution in [3.05, 3.63) is 22.4 Å². The van der Waals surface area contributed by atoms with Crippen LogP contribution in [0, 0.1) is 19.3 Å². The van der Waals surface area contributed by atoms with Gasteiger partial charge in [-0.25, -0.2) is 4.98 Å². The molecule has 4 nitrogen and oxygen atoms in total. The second kappa shape index (κ2) is 4.88. The van der Waals surface area contributed by atoms with Crippen LogP contribution >= 0.6 is 0 Å². The zero-order chi connectivity index (χ0) is 12.3. The molecule has 0 amide bonds. The van der Waals surface area contributed by atoms with Gasteiger partial charge < -0.3 is 10.7 Å². The van der Waals surface area contributed by atoms with E-state index in [0.29, 0.717) is 22.8 Å². The van der Waals surface area contributed by atoms with Crippen LogP contribution in [-0.4, -0.2) is 23.5 Å². The van der Waals surface area contributed by atoms with Gasteiger partial charge in [0.15, 0.2) is 6.29 Å². The maximum absolute atomic E-state index is 11.0. The van der Waals surface area contributed by atoms with E-state index in [4.69, 9.17) is 5.41 Å². The van der Waals surface area contributed by atoms with Gasteiger partial charge in [0.25, 0.3) is 0 Å². The average Bonchev–Trinajstić information content (AvgIpc) is 2.17. The molecule has 0 fully saturated rings. The zero-order valence-electron chi connectivity index (χ0n) is 10.1. The fraction of sp³-hybridized carbons (Fsp3) is 0.417. The van der Waals surface area contributed by atoms with Gasteiger partial charge in [0.2, 0.25) is 0 Å². The Morgan fingerprint density at radius 3 is 2.56 bits per heavy atom. The summed E-state index contributed by atoms with van der Waals surface area (Å²) in [6.45, 7) is 8.08. The highest BCUT2D eigenvalue weighted by Crippen LogP contribution is 2.22. The summed E-state index contributed by atoms with van der Waals surface area (Å²) in [6, 6.07) is 0. The molecule has 1 heterocycles. The van der Waals surface area contributed by atoms with Crippen molar-refractivity contribution in [1.29, 1.82) is 5.41 Å². The molecule has 0 aliphatic carbocycles. The molecule has 0 spiro atoms. The molecule has 0 aliphatic heterocycles. The number of hydrogen-bond donors (Lipinski definition) is 2. The normalized spacial score (nSPS) is 10.0. The van der Waals surface area contributed by atoms with E-state index in [2.05, 4.69) is 10.3 Å². The Morgan fingerprint density at radius 2 is 2.12 bits per heavy atom. The van der Waals surface area contributed by atoms with Crippen molar-refractivity contribution < 1.29 is 4.79 Å². The maximum atomic E-state index is 11.0. The van der Waals surface area contributed by atoms with Crippen molar-refractivity contribution in [3.63, 3.8) is 0 Å². The summed E-state index contributed by atoms with van der Waals surface area (Å²) in [5.41, 5.74) is 3.27. The molecule has 1 aromatic rings. The molecule has 0 unspecified atom stereocenters. The molecule has 0 aromatic carbocycles. The van der Waals surface area contributed by atoms with Crippen molar-refractivity contribution in [2.75, 3.05) is 11.9 Å². The summed E-state index contributed by atoms with van der Waals surface area (Å²) in [6.07, 6.45) is 0.805. The first-order chi connectivity index (χ1) is 7.52. The fourth-order valence-electron chi connectivity index (χ4n) is 1.80. The number of aromatic nitrogens is 1. The standard InChI is InChI=1S/C12H17N3O/c1-5-14-12-11(8(3)13)7(2)10(6-16)9(4)15-12/h6,13H,5H2,1-4H3,(H,14,15). The summed E-state index contributed by atoms with van der Waals surface area (Å²) in [7, 11) is 0. The topological polar surface area (TPSA) is 65.8 Å². The average molecular weight is 219 g/mol. The van der Waals surface area contributed by atoms with E-state index in [1.54, 1.807) is 13.8 Å². The number of carbonyl (C=O) groups excluding carboxylic acids is 1. The lowest BCUT2D eigenvalue weighted by Gasteiger charge is -2.15. The molecule has 1 rings (SSSR count). The number of anilines is 1. The molecular formula is C12H17N3O. The highest BCUT2D eigenvalue weighted by Gasteiger charge is 2.15. The molecule has 4 heteroatoms. The second-order valence-corrected chi connectivity index (χ2v) is 3.73. The van der Waals surface area contributed by atoms with Gasteiger partial charge in [-0.1, -0.05) is 0 Å². The predicted octanol–water partition coefficient (Wildman–Crippen LogP) is 2.33. The maximum Gasteiger partial charge on any atom is 0.152 e. The van der Waals surface area contributed by atoms with Crippen LogP contribution in [0.2, 0.25) is 0 Å². The third-order valence-electron chi connectivity index (χ3n) is 2.52. The second-order valence-electron chi connectivity index (χ2n) is 3.73. The third-order valence-corrected chi connectivity index (χ3v) is 2.52. The molecule has 86 valence electrons. The molecule has 0 saturated carbocycles. The summed E-state index contributed by atoms with van der Waals surface area (Å²) in [5.74, 6) is 0.690. The molecule has 16 heavy (non-hydrogen) atoms. The molecule has 0 radical (unpaired) electrons. The number of nitrogens with zero attached hydrogens (tertiary/aromatic N) is 1. The third kappa shape index (κ3) is 2.10. The van der Waals surface area contributed by atoms with Gasteiger partial charge in [0, 0.05) is 23.4 Å². The van der Waals surface area contributed by atoms with Crippen LogP contribution in [0.3, 0.4) is 0 Å². The van der Waals surface area contributed by atoms with Crippen LogP contribution in [0.4, 0.5) is 5.82 Å². The minimum absolute atomic E-state index is 0.420. The van der Waals surface area contributed by atoms with Gasteiger partial charge in [-0.15, -0.1) is 0 Å². The van der Waals surface area contributed by atoms with Crippen molar-refractivity contribution >= 4 is 17.8 Å². The summed E-state index contributed by atoms with van der Waals surface area (Å²) in [4.78, 5) is 15.3. The molecule has 0 saturated heterocycles. The summed E-state index contributed by atoms with van der Waals surface area (Å²) >= 11 is 0. The van der Waals surface area contributed by atoms with E-state index in [9.17, 15) is 4.79 Å². The molecule has 0 atom stereocenters. The molecule has 2 N–H and O–H groups in total. The number of nitrogens with one attached hydrogen (secondary N) is 2. The Kier molecular flexibility index (Phi) is 3.77. The van der Waals surface area contributed by atoms with E-state index >= 15 is 0 Å². The van der Waals surface area contributed by atoms with Gasteiger partial charge in [-0.2, -0.15) is 0 Å². The van der Waals surface area contributed by atoms with Crippen LogP contribution in [-0.2, 0) is 0 Å². The Bertz CT molecular complexity index is 438. The number of rotatable bonds is 4. The van der Waals surface area contributed by atoms with E-state index in [1.807, 2.05) is 13.8 Å². The Balaban J connectivity index is 3.51. The number of carbonyl (C=O) groups is 1. The smallest absolute Gasteiger partial charge is 0.152 e. The SMILES string of the molecule is CCNc1nc(C)c(C=O)c(C)c1C(C)=N. The van der Waals surface area contributed by atoms with Crippen molar-refractivity contribution in [1.82, 2.24) is 4.98 Å². The first kappa shape index (κ1) is 12.4. The molecule has 1 aromatic heterocycles. The Labute approximate surface area is 95.6 Å². The van der Waals surface area contributed by atoms with Gasteiger partial charge in [-0.3, -0.25) is 4.79 Å². The first-order valence-electron chi connectivity index (χ1n) is 5.28. The lowest BCUT2D eigenvalue weighted by atomic mass is 10.00. The van der Waals surface area contributed by atoms with Gasteiger partial charge in [0.1, 0.15) is 5.82 Å². The summed E-state index contributed by atoms with van der Waals surface area (Å²) < 4.78 is 0. The van der Waals surface area contributed by atoms with E-state index in [1.165, 1.54) is 0 Å². The molecule has 0 aliphatic rings. The van der Waals surface area contributed by atoms with Crippen molar-refractivity contribution in [2.24, 2.45) is 0 Å². The van der Waals surface area contributed by atoms with E-state index < -0.39 is 0 Å². The van der Waals surface area contributed by atoms with Crippen LogP contribution in [0.15, 0.2) is 0 Å². The van der Waals surface area contributed by atoms with Gasteiger partial charge >= 0.3 is 0 Å². The van der Waals surface area contributed by atoms with Crippen molar-refractivity contribution in [2.45, 2.75) is 27.7 Å². The van der Waals surface area contributed by atoms with Crippen LogP contribution in [0.5, 0.6) is 0 Å². The first-order valence-corrected chi connectivity index (χ1v) is 5.28. The van der Waals surface area contributed by atoms with Crippen LogP contribution < -0.4 is 5.32 Å². The number of aryl methyl sites for hydroxylation is 1. The van der Waals surface area contributed by atoms with Crippen LogP contribution in [0.1, 0.15) is 41.0 Å². The Hall–Kier alpha value is -1.71. The van der Waals surface area contributed by atoms with Crippen molar-refractivity contribution in [3.8, 4) is 0 Å². The van der Waals surface area contributed by atoms with Gasteiger partial charge in [-0.05, 0) is 33.3 Å². The Morgan fingerprint density at radius 1 is 1.50 bits per heavy atom. The fourth-order valence-corrected chi connectivity index (χ4v) is 1.80. The van der Waals surface area contributed by atoms with Crippen LogP contribution in [0.25, 0.3) is 0 Å². The number of pyridine rings is 1. The highest BCUT2D eigenvalue weighted by atomic mass is 16.1. The zero-order valence-corrected chi connectivity index (χ0v) is 10.1. The quantitative estimate of drug-likeness (QED) is 0.603. The predicted molar refractivity (Wildman–Crippen MR) is 65.8 cm³/mol. The summed E-state index contributed by atoms with van der Waals surface area (Å²) in [5, 5.41) is 10.9. The minimum atomic E-state index is 0.420. The lowest BCUT2D eigenvalue weighted by Crippen LogP contribution is -2.12. The monoisotopic (exact) mass is 219 g/mol. The lowest BCUT2D eigenvalue weighted by molar-refractivity contribution is 0.112. The number of aldehydes is 1. The number of hydrogen-bond acceptors (Lipinski definition) is 4. The largest absolute Gasteiger partial charge is 0.370 e. The molecular weight excluding hydrogens is 202 g/mol. The van der Waals surface area contributed by atoms with Gasteiger partial charge in [0.05, 0.1) is 5.69 Å². The molecule has 0 bridgehead atoms. The highest BCUT2D eigenvalue weighted by molar-refractivity contribution is 6.03. The van der Waals surface area contributed by atoms with E-state index in [0.717, 1.165) is 24.0 Å². The minimum Gasteiger partial charge on any atom is -0.370 e.